The van der Waals surface area contributed by atoms with Crippen molar-refractivity contribution in [3.05, 3.63) is 0 Å². The number of hydrogen-bond donors (Lipinski definition) is 2. The number of hydrogen-bond acceptors (Lipinski definition) is 2. The summed E-state index contributed by atoms with van der Waals surface area (Å²) < 4.78 is 0. The van der Waals surface area contributed by atoms with E-state index in [9.17, 15) is 5.11 Å². The Morgan fingerprint density at radius 1 is 1.40 bits per heavy atom. The highest BCUT2D eigenvalue weighted by atomic mass is 16.3. The van der Waals surface area contributed by atoms with E-state index >= 15 is 0 Å². The van der Waals surface area contributed by atoms with E-state index in [0.717, 1.165) is 19.3 Å². The standard InChI is InChI=1S/C13H27NO/c1-4-11(9-14)13(15)8-6-5-7-12(13)10(2)3/h10-12,15H,4-9,14H2,1-3H3. The van der Waals surface area contributed by atoms with Gasteiger partial charge in [-0.2, -0.15) is 0 Å². The zero-order chi connectivity index (χ0) is 11.5. The average Bonchev–Trinajstić information content (AvgIpc) is 2.19. The van der Waals surface area contributed by atoms with Crippen molar-refractivity contribution < 1.29 is 5.11 Å². The molecule has 15 heavy (non-hydrogen) atoms. The Balaban J connectivity index is 2.83. The van der Waals surface area contributed by atoms with Crippen LogP contribution in [0.25, 0.3) is 0 Å². The Labute approximate surface area is 94.2 Å². The molecule has 0 aromatic rings. The van der Waals surface area contributed by atoms with Crippen LogP contribution in [0.5, 0.6) is 0 Å². The van der Waals surface area contributed by atoms with Gasteiger partial charge in [0, 0.05) is 0 Å². The number of nitrogens with two attached hydrogens (primary N) is 1. The lowest BCUT2D eigenvalue weighted by Crippen LogP contribution is -2.51. The van der Waals surface area contributed by atoms with Crippen molar-refractivity contribution in [2.45, 2.75) is 58.5 Å². The molecule has 0 aromatic carbocycles. The van der Waals surface area contributed by atoms with Crippen LogP contribution in [-0.4, -0.2) is 17.3 Å². The lowest BCUT2D eigenvalue weighted by Gasteiger charge is -2.47. The Morgan fingerprint density at radius 2 is 2.07 bits per heavy atom. The minimum absolute atomic E-state index is 0.283. The quantitative estimate of drug-likeness (QED) is 0.754. The molecule has 1 aliphatic rings. The third kappa shape index (κ3) is 2.54. The van der Waals surface area contributed by atoms with E-state index in [1.54, 1.807) is 0 Å². The largest absolute Gasteiger partial charge is 0.389 e. The van der Waals surface area contributed by atoms with Crippen LogP contribution in [0.3, 0.4) is 0 Å². The summed E-state index contributed by atoms with van der Waals surface area (Å²) in [4.78, 5) is 0. The van der Waals surface area contributed by atoms with Crippen LogP contribution in [0.1, 0.15) is 52.9 Å². The minimum atomic E-state index is -0.490. The molecule has 3 atom stereocenters. The smallest absolute Gasteiger partial charge is 0.0718 e. The molecule has 0 radical (unpaired) electrons. The van der Waals surface area contributed by atoms with Crippen LogP contribution >= 0.6 is 0 Å². The van der Waals surface area contributed by atoms with Gasteiger partial charge in [-0.05, 0) is 43.6 Å². The first-order chi connectivity index (χ1) is 7.06. The molecule has 0 saturated heterocycles. The highest BCUT2D eigenvalue weighted by molar-refractivity contribution is 4.96. The van der Waals surface area contributed by atoms with Gasteiger partial charge in [-0.15, -0.1) is 0 Å². The maximum atomic E-state index is 10.9. The first kappa shape index (κ1) is 13.0. The van der Waals surface area contributed by atoms with E-state index in [-0.39, 0.29) is 5.92 Å². The van der Waals surface area contributed by atoms with Crippen LogP contribution in [0, 0.1) is 17.8 Å². The lowest BCUT2D eigenvalue weighted by molar-refractivity contribution is -0.108. The second kappa shape index (κ2) is 5.31. The summed E-state index contributed by atoms with van der Waals surface area (Å²) in [5.74, 6) is 1.29. The highest BCUT2D eigenvalue weighted by Crippen LogP contribution is 2.43. The predicted molar refractivity (Wildman–Crippen MR) is 64.6 cm³/mol. The first-order valence-corrected chi connectivity index (χ1v) is 6.48. The average molecular weight is 213 g/mol. The van der Waals surface area contributed by atoms with Crippen LogP contribution in [0.15, 0.2) is 0 Å². The van der Waals surface area contributed by atoms with Gasteiger partial charge in [0.2, 0.25) is 0 Å². The van der Waals surface area contributed by atoms with Crippen molar-refractivity contribution >= 4 is 0 Å². The van der Waals surface area contributed by atoms with Crippen molar-refractivity contribution in [2.24, 2.45) is 23.5 Å². The molecular weight excluding hydrogens is 186 g/mol. The molecule has 3 N–H and O–H groups in total. The van der Waals surface area contributed by atoms with E-state index < -0.39 is 5.60 Å². The molecule has 90 valence electrons. The number of rotatable bonds is 4. The molecule has 2 nitrogen and oxygen atoms in total. The fourth-order valence-electron chi connectivity index (χ4n) is 3.35. The molecule has 0 amide bonds. The van der Waals surface area contributed by atoms with Gasteiger partial charge in [-0.25, -0.2) is 0 Å². The molecule has 1 rings (SSSR count). The topological polar surface area (TPSA) is 46.2 Å². The molecular formula is C13H27NO. The van der Waals surface area contributed by atoms with Gasteiger partial charge in [0.1, 0.15) is 0 Å². The molecule has 2 heteroatoms. The Hall–Kier alpha value is -0.0800. The van der Waals surface area contributed by atoms with E-state index in [4.69, 9.17) is 5.73 Å². The molecule has 0 bridgehead atoms. The normalized spacial score (nSPS) is 34.4. The molecule has 0 spiro atoms. The molecule has 1 aliphatic carbocycles. The fraction of sp³-hybridized carbons (Fsp3) is 1.00. The first-order valence-electron chi connectivity index (χ1n) is 6.48. The summed E-state index contributed by atoms with van der Waals surface area (Å²) in [7, 11) is 0. The Morgan fingerprint density at radius 3 is 2.53 bits per heavy atom. The molecule has 1 saturated carbocycles. The fourth-order valence-corrected chi connectivity index (χ4v) is 3.35. The van der Waals surface area contributed by atoms with Crippen molar-refractivity contribution in [3.8, 4) is 0 Å². The van der Waals surface area contributed by atoms with Gasteiger partial charge in [-0.3, -0.25) is 0 Å². The summed E-state index contributed by atoms with van der Waals surface area (Å²) in [5.41, 5.74) is 5.31. The van der Waals surface area contributed by atoms with Crippen molar-refractivity contribution in [1.29, 1.82) is 0 Å². The minimum Gasteiger partial charge on any atom is -0.389 e. The summed E-state index contributed by atoms with van der Waals surface area (Å²) >= 11 is 0. The summed E-state index contributed by atoms with van der Waals surface area (Å²) in [6.07, 6.45) is 5.55. The maximum Gasteiger partial charge on any atom is 0.0718 e. The zero-order valence-electron chi connectivity index (χ0n) is 10.5. The van der Waals surface area contributed by atoms with Crippen molar-refractivity contribution in [2.75, 3.05) is 6.54 Å². The van der Waals surface area contributed by atoms with Crippen LogP contribution < -0.4 is 5.73 Å². The Bertz CT molecular complexity index is 189. The second-order valence-electron chi connectivity index (χ2n) is 5.43. The SMILES string of the molecule is CCC(CN)C1(O)CCCCC1C(C)C. The second-order valence-corrected chi connectivity index (χ2v) is 5.43. The monoisotopic (exact) mass is 213 g/mol. The molecule has 0 aliphatic heterocycles. The summed E-state index contributed by atoms with van der Waals surface area (Å²) in [5, 5.41) is 10.9. The lowest BCUT2D eigenvalue weighted by atomic mass is 9.64. The van der Waals surface area contributed by atoms with Gasteiger partial charge in [0.25, 0.3) is 0 Å². The van der Waals surface area contributed by atoms with Crippen LogP contribution in [0.4, 0.5) is 0 Å². The van der Waals surface area contributed by atoms with E-state index in [0.29, 0.717) is 18.4 Å². The van der Waals surface area contributed by atoms with E-state index in [1.165, 1.54) is 12.8 Å². The summed E-state index contributed by atoms with van der Waals surface area (Å²) in [6.45, 7) is 7.21. The van der Waals surface area contributed by atoms with Crippen LogP contribution in [-0.2, 0) is 0 Å². The van der Waals surface area contributed by atoms with Gasteiger partial charge in [0.05, 0.1) is 5.60 Å². The third-order valence-electron chi connectivity index (χ3n) is 4.27. The van der Waals surface area contributed by atoms with E-state index in [1.807, 2.05) is 0 Å². The number of aliphatic hydroxyl groups is 1. The van der Waals surface area contributed by atoms with E-state index in [2.05, 4.69) is 20.8 Å². The molecule has 3 unspecified atom stereocenters. The van der Waals surface area contributed by atoms with Gasteiger partial charge >= 0.3 is 0 Å². The predicted octanol–water partition coefficient (Wildman–Crippen LogP) is 2.55. The third-order valence-corrected chi connectivity index (χ3v) is 4.27. The van der Waals surface area contributed by atoms with Crippen LogP contribution in [0.2, 0.25) is 0 Å². The highest BCUT2D eigenvalue weighted by Gasteiger charge is 2.44. The molecule has 1 fully saturated rings. The Kier molecular flexibility index (Phi) is 4.60. The van der Waals surface area contributed by atoms with Gasteiger partial charge in [0.15, 0.2) is 0 Å². The molecule has 0 heterocycles. The molecule has 0 aromatic heterocycles. The van der Waals surface area contributed by atoms with Gasteiger partial charge in [-0.1, -0.05) is 33.6 Å². The summed E-state index contributed by atoms with van der Waals surface area (Å²) in [6, 6.07) is 0. The van der Waals surface area contributed by atoms with Crippen molar-refractivity contribution in [1.82, 2.24) is 0 Å². The maximum absolute atomic E-state index is 10.9. The van der Waals surface area contributed by atoms with Gasteiger partial charge < -0.3 is 10.8 Å². The zero-order valence-corrected chi connectivity index (χ0v) is 10.5. The van der Waals surface area contributed by atoms with Crippen molar-refractivity contribution in [3.63, 3.8) is 0 Å².